The Labute approximate surface area is 160 Å². The number of rotatable bonds is 9. The van der Waals surface area contributed by atoms with Crippen LogP contribution >= 0.6 is 11.8 Å². The molecule has 0 spiro atoms. The number of hydrogen-bond donors (Lipinski definition) is 1. The Morgan fingerprint density at radius 3 is 2.69 bits per heavy atom. The first-order chi connectivity index (χ1) is 12.6. The highest BCUT2D eigenvalue weighted by Crippen LogP contribution is 2.24. The second-order valence-corrected chi connectivity index (χ2v) is 6.58. The summed E-state index contributed by atoms with van der Waals surface area (Å²) >= 11 is 1.48. The Morgan fingerprint density at radius 2 is 2.04 bits per heavy atom. The quantitative estimate of drug-likeness (QED) is 0.680. The van der Waals surface area contributed by atoms with Gasteiger partial charge in [0.25, 0.3) is 5.91 Å². The van der Waals surface area contributed by atoms with E-state index in [9.17, 15) is 4.79 Å². The standard InChI is InChI=1S/C20H27N3O2S/c1-5-23(6-2)18(15-9-7-10-16(13-15)25-3)14-22-19(24)17-11-8-12-21-20(17)26-4/h7-13,18H,5-6,14H2,1-4H3,(H,22,24). The number of carbonyl (C=O) groups excluding carboxylic acids is 1. The van der Waals surface area contributed by atoms with Gasteiger partial charge in [-0.3, -0.25) is 9.69 Å². The van der Waals surface area contributed by atoms with Crippen LogP contribution in [0.5, 0.6) is 5.75 Å². The molecule has 1 aromatic heterocycles. The van der Waals surface area contributed by atoms with Crippen LogP contribution in [0.2, 0.25) is 0 Å². The third kappa shape index (κ3) is 4.99. The first-order valence-corrected chi connectivity index (χ1v) is 10.0. The van der Waals surface area contributed by atoms with Crippen molar-refractivity contribution >= 4 is 17.7 Å². The first kappa shape index (κ1) is 20.3. The molecule has 140 valence electrons. The fraction of sp³-hybridized carbons (Fsp3) is 0.400. The van der Waals surface area contributed by atoms with Crippen molar-refractivity contribution in [2.75, 3.05) is 33.0 Å². The molecule has 1 amide bonds. The lowest BCUT2D eigenvalue weighted by molar-refractivity contribution is 0.0931. The van der Waals surface area contributed by atoms with Crippen molar-refractivity contribution < 1.29 is 9.53 Å². The lowest BCUT2D eigenvalue weighted by atomic mass is 10.0. The number of likely N-dealkylation sites (N-methyl/N-ethyl adjacent to an activating group) is 1. The lowest BCUT2D eigenvalue weighted by Crippen LogP contribution is -2.38. The van der Waals surface area contributed by atoms with Gasteiger partial charge in [-0.2, -0.15) is 0 Å². The van der Waals surface area contributed by atoms with Gasteiger partial charge in [0.1, 0.15) is 10.8 Å². The average Bonchev–Trinajstić information content (AvgIpc) is 2.70. The van der Waals surface area contributed by atoms with Crippen LogP contribution < -0.4 is 10.1 Å². The van der Waals surface area contributed by atoms with E-state index in [0.717, 1.165) is 29.4 Å². The summed E-state index contributed by atoms with van der Waals surface area (Å²) in [5, 5.41) is 3.83. The van der Waals surface area contributed by atoms with Crippen LogP contribution in [0.15, 0.2) is 47.6 Å². The zero-order chi connectivity index (χ0) is 18.9. The Bertz CT molecular complexity index is 720. The number of pyridine rings is 1. The molecule has 26 heavy (non-hydrogen) atoms. The second kappa shape index (κ2) is 10.2. The smallest absolute Gasteiger partial charge is 0.254 e. The van der Waals surface area contributed by atoms with E-state index in [4.69, 9.17) is 4.74 Å². The average molecular weight is 374 g/mol. The van der Waals surface area contributed by atoms with Gasteiger partial charge in [0.15, 0.2) is 0 Å². The molecule has 0 aliphatic carbocycles. The maximum Gasteiger partial charge on any atom is 0.254 e. The van der Waals surface area contributed by atoms with E-state index in [1.807, 2.05) is 30.5 Å². The normalized spacial score (nSPS) is 12.0. The lowest BCUT2D eigenvalue weighted by Gasteiger charge is -2.30. The third-order valence-electron chi connectivity index (χ3n) is 4.40. The number of benzene rings is 1. The van der Waals surface area contributed by atoms with Crippen molar-refractivity contribution in [1.29, 1.82) is 0 Å². The highest BCUT2D eigenvalue weighted by atomic mass is 32.2. The monoisotopic (exact) mass is 373 g/mol. The van der Waals surface area contributed by atoms with Gasteiger partial charge in [0, 0.05) is 12.7 Å². The van der Waals surface area contributed by atoms with Gasteiger partial charge in [-0.25, -0.2) is 4.98 Å². The molecule has 1 atom stereocenters. The summed E-state index contributed by atoms with van der Waals surface area (Å²) < 4.78 is 5.36. The molecule has 6 heteroatoms. The summed E-state index contributed by atoms with van der Waals surface area (Å²) in [5.74, 6) is 0.727. The maximum absolute atomic E-state index is 12.7. The summed E-state index contributed by atoms with van der Waals surface area (Å²) in [6.45, 7) is 6.58. The van der Waals surface area contributed by atoms with Crippen molar-refractivity contribution in [2.24, 2.45) is 0 Å². The number of carbonyl (C=O) groups is 1. The van der Waals surface area contributed by atoms with Crippen LogP contribution in [-0.4, -0.2) is 48.8 Å². The molecule has 0 radical (unpaired) electrons. The highest BCUT2D eigenvalue weighted by molar-refractivity contribution is 7.98. The van der Waals surface area contributed by atoms with Crippen molar-refractivity contribution in [2.45, 2.75) is 24.9 Å². The highest BCUT2D eigenvalue weighted by Gasteiger charge is 2.20. The number of nitrogens with zero attached hydrogens (tertiary/aromatic N) is 2. The molecule has 0 bridgehead atoms. The first-order valence-electron chi connectivity index (χ1n) is 8.79. The second-order valence-electron chi connectivity index (χ2n) is 5.78. The molecule has 5 nitrogen and oxygen atoms in total. The zero-order valence-electron chi connectivity index (χ0n) is 15.9. The molecule has 1 N–H and O–H groups in total. The van der Waals surface area contributed by atoms with E-state index in [1.54, 1.807) is 19.4 Å². The number of ether oxygens (including phenoxy) is 1. The minimum absolute atomic E-state index is 0.0819. The van der Waals surface area contributed by atoms with Gasteiger partial charge in [0.05, 0.1) is 18.7 Å². The molecule has 0 aliphatic heterocycles. The molecule has 0 saturated carbocycles. The Kier molecular flexibility index (Phi) is 7.94. The number of amides is 1. The van der Waals surface area contributed by atoms with E-state index in [2.05, 4.69) is 35.1 Å². The number of hydrogen-bond acceptors (Lipinski definition) is 5. The molecule has 0 aliphatic rings. The molecule has 1 aromatic carbocycles. The van der Waals surface area contributed by atoms with E-state index >= 15 is 0 Å². The predicted molar refractivity (Wildman–Crippen MR) is 107 cm³/mol. The fourth-order valence-corrected chi connectivity index (χ4v) is 3.53. The Balaban J connectivity index is 2.20. The summed E-state index contributed by atoms with van der Waals surface area (Å²) in [6, 6.07) is 11.7. The fourth-order valence-electron chi connectivity index (χ4n) is 2.98. The van der Waals surface area contributed by atoms with Gasteiger partial charge in [-0.1, -0.05) is 26.0 Å². The minimum atomic E-state index is -0.0949. The molecular weight excluding hydrogens is 346 g/mol. The number of thioether (sulfide) groups is 1. The van der Waals surface area contributed by atoms with Crippen LogP contribution in [0.4, 0.5) is 0 Å². The van der Waals surface area contributed by atoms with E-state index in [1.165, 1.54) is 11.8 Å². The Morgan fingerprint density at radius 1 is 1.27 bits per heavy atom. The number of methoxy groups -OCH3 is 1. The molecule has 0 saturated heterocycles. The topological polar surface area (TPSA) is 54.5 Å². The molecular formula is C20H27N3O2S. The van der Waals surface area contributed by atoms with Crippen LogP contribution in [0.3, 0.4) is 0 Å². The molecule has 2 rings (SSSR count). The molecule has 2 aromatic rings. The molecule has 0 fully saturated rings. The van der Waals surface area contributed by atoms with Crippen molar-refractivity contribution in [3.8, 4) is 5.75 Å². The Hall–Kier alpha value is -2.05. The summed E-state index contributed by atoms with van der Waals surface area (Å²) in [4.78, 5) is 19.3. The van der Waals surface area contributed by atoms with Gasteiger partial charge < -0.3 is 10.1 Å². The molecule has 1 heterocycles. The van der Waals surface area contributed by atoms with Crippen LogP contribution in [0.25, 0.3) is 0 Å². The van der Waals surface area contributed by atoms with Crippen molar-refractivity contribution in [3.63, 3.8) is 0 Å². The van der Waals surface area contributed by atoms with Crippen molar-refractivity contribution in [1.82, 2.24) is 15.2 Å². The van der Waals surface area contributed by atoms with Crippen LogP contribution in [-0.2, 0) is 0 Å². The third-order valence-corrected chi connectivity index (χ3v) is 5.11. The van der Waals surface area contributed by atoms with E-state index in [0.29, 0.717) is 12.1 Å². The van der Waals surface area contributed by atoms with Crippen molar-refractivity contribution in [3.05, 3.63) is 53.7 Å². The number of nitrogens with one attached hydrogen (secondary N) is 1. The predicted octanol–water partition coefficient (Wildman–Crippen LogP) is 3.63. The molecule has 1 unspecified atom stereocenters. The number of aromatic nitrogens is 1. The van der Waals surface area contributed by atoms with Gasteiger partial charge in [0.2, 0.25) is 0 Å². The van der Waals surface area contributed by atoms with E-state index < -0.39 is 0 Å². The van der Waals surface area contributed by atoms with Gasteiger partial charge >= 0.3 is 0 Å². The van der Waals surface area contributed by atoms with Crippen LogP contribution in [0, 0.1) is 0 Å². The largest absolute Gasteiger partial charge is 0.497 e. The summed E-state index contributed by atoms with van der Waals surface area (Å²) in [7, 11) is 1.67. The van der Waals surface area contributed by atoms with Gasteiger partial charge in [-0.15, -0.1) is 11.8 Å². The van der Waals surface area contributed by atoms with E-state index in [-0.39, 0.29) is 11.9 Å². The zero-order valence-corrected chi connectivity index (χ0v) is 16.7. The van der Waals surface area contributed by atoms with Crippen LogP contribution in [0.1, 0.15) is 35.8 Å². The maximum atomic E-state index is 12.7. The SMILES string of the molecule is CCN(CC)C(CNC(=O)c1cccnc1SC)c1cccc(OC)c1. The van der Waals surface area contributed by atoms with Gasteiger partial charge in [-0.05, 0) is 49.2 Å². The minimum Gasteiger partial charge on any atom is -0.497 e. The summed E-state index contributed by atoms with van der Waals surface area (Å²) in [5.41, 5.74) is 1.74. The summed E-state index contributed by atoms with van der Waals surface area (Å²) in [6.07, 6.45) is 3.63.